The molecule has 8 heavy (non-hydrogen) atoms. The summed E-state index contributed by atoms with van der Waals surface area (Å²) in [5, 5.41) is 0. The topological polar surface area (TPSA) is 34.1 Å². The molecule has 0 N–H and O–H groups in total. The van der Waals surface area contributed by atoms with Gasteiger partial charge in [0.25, 0.3) is 0 Å². The molecule has 0 saturated heterocycles. The maximum atomic E-state index is 10.3. The summed E-state index contributed by atoms with van der Waals surface area (Å²) < 4.78 is -0.557. The van der Waals surface area contributed by atoms with E-state index < -0.39 is 4.39 Å². The molecule has 0 aromatic rings. The Kier molecular flexibility index (Phi) is 3.11. The van der Waals surface area contributed by atoms with Crippen molar-refractivity contribution in [1.82, 2.24) is 0 Å². The second kappa shape index (κ2) is 3.11. The van der Waals surface area contributed by atoms with Gasteiger partial charge in [0.15, 0.2) is 0 Å². The summed E-state index contributed by atoms with van der Waals surface area (Å²) in [6.07, 6.45) is 0. The molecule has 0 amide bonds. The normalized spacial score (nSPS) is 9.62. The van der Waals surface area contributed by atoms with Crippen molar-refractivity contribution in [3.8, 4) is 0 Å². The number of Topliss-reactive ketones (excluding diaryl/α,β-unsaturated/α-hetero) is 2. The molecule has 0 aromatic heterocycles. The van der Waals surface area contributed by atoms with Gasteiger partial charge in [-0.25, -0.2) is 0 Å². The Morgan fingerprint density at radius 1 is 1.25 bits per heavy atom. The van der Waals surface area contributed by atoms with Gasteiger partial charge in [0.1, 0.15) is 0 Å². The van der Waals surface area contributed by atoms with Crippen molar-refractivity contribution in [2.45, 2.75) is 18.2 Å². The van der Waals surface area contributed by atoms with E-state index in [1.165, 1.54) is 13.8 Å². The van der Waals surface area contributed by atoms with Gasteiger partial charge in [0, 0.05) is 0 Å². The van der Waals surface area contributed by atoms with Crippen molar-refractivity contribution in [3.63, 3.8) is 0 Å². The number of carbonyl (C=O) groups excluding carboxylic acids is 2. The van der Waals surface area contributed by atoms with Crippen LogP contribution >= 0.6 is 0 Å². The molecule has 0 rings (SSSR count). The van der Waals surface area contributed by atoms with Gasteiger partial charge in [-0.3, -0.25) is 0 Å². The second-order valence-corrected chi connectivity index (χ2v) is 2.45. The van der Waals surface area contributed by atoms with Crippen LogP contribution in [-0.4, -0.2) is 11.6 Å². The van der Waals surface area contributed by atoms with Crippen LogP contribution in [0.2, 0.25) is 4.39 Å². The summed E-state index contributed by atoms with van der Waals surface area (Å²) in [7, 11) is 0. The number of rotatable bonds is 2. The average molecular weight is 206 g/mol. The van der Waals surface area contributed by atoms with E-state index in [4.69, 9.17) is 0 Å². The molecule has 0 heterocycles. The molecule has 0 aliphatic rings. The fraction of sp³-hybridized carbons (Fsp3) is 0.600. The van der Waals surface area contributed by atoms with E-state index in [1.807, 2.05) is 0 Å². The van der Waals surface area contributed by atoms with E-state index in [-0.39, 0.29) is 11.6 Å². The van der Waals surface area contributed by atoms with Crippen molar-refractivity contribution >= 4 is 11.6 Å². The summed E-state index contributed by atoms with van der Waals surface area (Å²) >= 11 is 2.65. The summed E-state index contributed by atoms with van der Waals surface area (Å²) in [5.74, 6) is -0.249. The van der Waals surface area contributed by atoms with Crippen molar-refractivity contribution in [3.05, 3.63) is 0 Å². The quantitative estimate of drug-likeness (QED) is 0.486. The molecule has 0 radical (unpaired) electrons. The zero-order chi connectivity index (χ0) is 6.73. The third kappa shape index (κ3) is 2.35. The van der Waals surface area contributed by atoms with Crippen molar-refractivity contribution in [2.75, 3.05) is 0 Å². The first-order valence-corrected chi connectivity index (χ1v) is 3.07. The Labute approximate surface area is 59.1 Å². The molecule has 49 valence electrons. The van der Waals surface area contributed by atoms with Gasteiger partial charge in [-0.05, 0) is 0 Å². The molecule has 0 unspecified atom stereocenters. The molecule has 2 nitrogen and oxygen atoms in total. The molecule has 0 aliphatic heterocycles. The Hall–Kier alpha value is 0.00234. The summed E-state index contributed by atoms with van der Waals surface area (Å²) in [4.78, 5) is 20.7. The Balaban J connectivity index is 3.83. The predicted octanol–water partition coefficient (Wildman–Crippen LogP) is 0.500. The zero-order valence-corrected chi connectivity index (χ0v) is 6.26. The standard InChI is InChI=1S/C5H7O2.Pd/c1-4(6)3-5(2)7;/h3H,1-2H3;. The van der Waals surface area contributed by atoms with E-state index in [9.17, 15) is 9.59 Å². The van der Waals surface area contributed by atoms with Crippen LogP contribution in [0.1, 0.15) is 13.8 Å². The molecule has 0 bridgehead atoms. The molecule has 0 saturated carbocycles. The minimum atomic E-state index is -0.557. The Morgan fingerprint density at radius 3 is 1.50 bits per heavy atom. The monoisotopic (exact) mass is 205 g/mol. The van der Waals surface area contributed by atoms with E-state index in [0.29, 0.717) is 0 Å². The molecular formula is C5H7O2Pd. The van der Waals surface area contributed by atoms with Gasteiger partial charge in [0.05, 0.1) is 0 Å². The van der Waals surface area contributed by atoms with Crippen LogP contribution in [0.5, 0.6) is 0 Å². The zero-order valence-electron chi connectivity index (χ0n) is 4.71. The van der Waals surface area contributed by atoms with E-state index >= 15 is 0 Å². The van der Waals surface area contributed by atoms with Gasteiger partial charge >= 0.3 is 58.6 Å². The number of hydrogen-bond acceptors (Lipinski definition) is 2. The summed E-state index contributed by atoms with van der Waals surface area (Å²) in [6.45, 7) is 2.77. The van der Waals surface area contributed by atoms with Gasteiger partial charge in [-0.1, -0.05) is 0 Å². The average Bonchev–Trinajstić information content (AvgIpc) is 1.64. The third-order valence-electron chi connectivity index (χ3n) is 0.664. The first-order valence-electron chi connectivity index (χ1n) is 2.17. The van der Waals surface area contributed by atoms with Crippen LogP contribution in [-0.2, 0) is 28.8 Å². The summed E-state index contributed by atoms with van der Waals surface area (Å²) in [5.41, 5.74) is 0. The van der Waals surface area contributed by atoms with E-state index in [0.717, 1.165) is 0 Å². The fourth-order valence-corrected chi connectivity index (χ4v) is 0.286. The molecular weight excluding hydrogens is 198 g/mol. The fourth-order valence-electron chi connectivity index (χ4n) is 0.286. The third-order valence-corrected chi connectivity index (χ3v) is 1.93. The number of ketones is 2. The molecule has 0 aliphatic carbocycles. The van der Waals surface area contributed by atoms with Gasteiger partial charge < -0.3 is 0 Å². The maximum absolute atomic E-state index is 10.3. The van der Waals surface area contributed by atoms with Crippen LogP contribution in [0.3, 0.4) is 0 Å². The molecule has 3 heteroatoms. The predicted molar refractivity (Wildman–Crippen MR) is 25.1 cm³/mol. The molecule has 0 atom stereocenters. The first kappa shape index (κ1) is 8.00. The second-order valence-electron chi connectivity index (χ2n) is 1.55. The van der Waals surface area contributed by atoms with Gasteiger partial charge in [-0.2, -0.15) is 0 Å². The van der Waals surface area contributed by atoms with Gasteiger partial charge in [0.2, 0.25) is 0 Å². The van der Waals surface area contributed by atoms with Crippen LogP contribution in [0.25, 0.3) is 0 Å². The first-order chi connectivity index (χ1) is 3.55. The van der Waals surface area contributed by atoms with Crippen molar-refractivity contribution < 1.29 is 28.8 Å². The van der Waals surface area contributed by atoms with E-state index in [2.05, 4.69) is 19.2 Å². The van der Waals surface area contributed by atoms with Crippen LogP contribution in [0.15, 0.2) is 0 Å². The van der Waals surface area contributed by atoms with Gasteiger partial charge in [-0.15, -0.1) is 0 Å². The van der Waals surface area contributed by atoms with Crippen molar-refractivity contribution in [2.24, 2.45) is 0 Å². The Bertz CT molecular complexity index is 106. The number of carbonyl (C=O) groups is 2. The van der Waals surface area contributed by atoms with E-state index in [1.54, 1.807) is 0 Å². The van der Waals surface area contributed by atoms with Crippen LogP contribution in [0, 0.1) is 0 Å². The Morgan fingerprint density at radius 2 is 1.50 bits per heavy atom. The molecule has 0 fully saturated rings. The van der Waals surface area contributed by atoms with Crippen LogP contribution in [0.4, 0.5) is 0 Å². The minimum absolute atomic E-state index is 0.125. The number of hydrogen-bond donors (Lipinski definition) is 0. The van der Waals surface area contributed by atoms with Crippen molar-refractivity contribution in [1.29, 1.82) is 0 Å². The SMILES string of the molecule is CC(=O)[CH]([Pd])C(C)=O. The molecule has 0 spiro atoms. The summed E-state index contributed by atoms with van der Waals surface area (Å²) in [6, 6.07) is 0. The molecule has 0 aromatic carbocycles. The van der Waals surface area contributed by atoms with Crippen LogP contribution < -0.4 is 0 Å².